The quantitative estimate of drug-likeness (QED) is 0.786. The Labute approximate surface area is 110 Å². The molecule has 0 atom stereocenters. The molecule has 17 heavy (non-hydrogen) atoms. The molecule has 1 aromatic rings. The van der Waals surface area contributed by atoms with E-state index >= 15 is 0 Å². The first-order valence-corrected chi connectivity index (χ1v) is 7.46. The lowest BCUT2D eigenvalue weighted by Crippen LogP contribution is -2.23. The molecule has 1 saturated heterocycles. The molecule has 3 rings (SSSR count). The van der Waals surface area contributed by atoms with Gasteiger partial charge in [0.05, 0.1) is 5.75 Å². The molecule has 4 nitrogen and oxygen atoms in total. The molecule has 0 N–H and O–H groups in total. The third kappa shape index (κ3) is 2.80. The zero-order valence-electron chi connectivity index (χ0n) is 9.59. The maximum absolute atomic E-state index is 5.60. The molecular formula is C11H15N3OS2. The highest BCUT2D eigenvalue weighted by Crippen LogP contribution is 2.39. The van der Waals surface area contributed by atoms with Crippen LogP contribution in [0.4, 0.5) is 0 Å². The van der Waals surface area contributed by atoms with Crippen LogP contribution in [0.3, 0.4) is 0 Å². The molecule has 0 aromatic carbocycles. The Morgan fingerprint density at radius 2 is 2.12 bits per heavy atom. The minimum atomic E-state index is 0.534. The fraction of sp³-hybridized carbons (Fsp3) is 0.727. The number of hydrogen-bond acceptors (Lipinski definition) is 5. The summed E-state index contributed by atoms with van der Waals surface area (Å²) in [5, 5.41) is 8.13. The first kappa shape index (κ1) is 11.5. The predicted molar refractivity (Wildman–Crippen MR) is 71.0 cm³/mol. The van der Waals surface area contributed by atoms with Crippen LogP contribution in [0.1, 0.15) is 43.4 Å². The summed E-state index contributed by atoms with van der Waals surface area (Å²) in [4.78, 5) is 2.26. The van der Waals surface area contributed by atoms with Gasteiger partial charge < -0.3 is 9.32 Å². The molecule has 0 bridgehead atoms. The van der Waals surface area contributed by atoms with Crippen molar-refractivity contribution in [3.63, 3.8) is 0 Å². The maximum atomic E-state index is 5.60. The predicted octanol–water partition coefficient (Wildman–Crippen LogP) is 2.56. The van der Waals surface area contributed by atoms with Crippen molar-refractivity contribution in [3.05, 3.63) is 11.8 Å². The van der Waals surface area contributed by atoms with E-state index in [0.29, 0.717) is 17.6 Å². The zero-order chi connectivity index (χ0) is 11.7. The molecule has 1 aliphatic carbocycles. The second-order valence-electron chi connectivity index (χ2n) is 4.56. The van der Waals surface area contributed by atoms with Crippen LogP contribution in [-0.2, 0) is 5.75 Å². The van der Waals surface area contributed by atoms with Gasteiger partial charge in [-0.05, 0) is 25.7 Å². The molecule has 6 heteroatoms. The number of likely N-dealkylation sites (tertiary alicyclic amines) is 1. The van der Waals surface area contributed by atoms with E-state index < -0.39 is 0 Å². The van der Waals surface area contributed by atoms with Crippen LogP contribution in [0.2, 0.25) is 0 Å². The second kappa shape index (κ2) is 4.94. The smallest absolute Gasteiger partial charge is 0.226 e. The van der Waals surface area contributed by atoms with E-state index in [4.69, 9.17) is 16.6 Å². The molecule has 92 valence electrons. The molecule has 0 amide bonds. The Morgan fingerprint density at radius 3 is 2.82 bits per heavy atom. The topological polar surface area (TPSA) is 42.2 Å². The average molecular weight is 269 g/mol. The standard InChI is InChI=1S/C11H15N3OS2/c16-11(14-5-1-2-6-14)17-7-9-12-13-10(15-9)8-3-4-8/h8H,1-7H2. The highest BCUT2D eigenvalue weighted by atomic mass is 32.2. The van der Waals surface area contributed by atoms with Crippen LogP contribution in [0.25, 0.3) is 0 Å². The van der Waals surface area contributed by atoms with Gasteiger partial charge in [0.15, 0.2) is 0 Å². The van der Waals surface area contributed by atoms with E-state index in [1.165, 1.54) is 25.7 Å². The second-order valence-corrected chi connectivity index (χ2v) is 6.17. The van der Waals surface area contributed by atoms with Crippen LogP contribution in [-0.4, -0.2) is 32.5 Å². The van der Waals surface area contributed by atoms with Crippen molar-refractivity contribution in [2.75, 3.05) is 13.1 Å². The Kier molecular flexibility index (Phi) is 3.33. The highest BCUT2D eigenvalue weighted by molar-refractivity contribution is 8.22. The van der Waals surface area contributed by atoms with E-state index in [2.05, 4.69) is 15.1 Å². The SMILES string of the molecule is S=C(SCc1nnc(C2CC2)o1)N1CCCC1. The lowest BCUT2D eigenvalue weighted by atomic mass is 10.4. The molecule has 0 unspecified atom stereocenters. The number of hydrogen-bond donors (Lipinski definition) is 0. The lowest BCUT2D eigenvalue weighted by Gasteiger charge is -2.16. The van der Waals surface area contributed by atoms with Crippen molar-refractivity contribution in [2.24, 2.45) is 0 Å². The van der Waals surface area contributed by atoms with Crippen LogP contribution in [0.15, 0.2) is 4.42 Å². The summed E-state index contributed by atoms with van der Waals surface area (Å²) in [7, 11) is 0. The molecule has 2 fully saturated rings. The summed E-state index contributed by atoms with van der Waals surface area (Å²) < 4.78 is 6.57. The summed E-state index contributed by atoms with van der Waals surface area (Å²) in [6, 6.07) is 0. The van der Waals surface area contributed by atoms with Gasteiger partial charge in [0, 0.05) is 19.0 Å². The van der Waals surface area contributed by atoms with E-state index in [1.807, 2.05) is 0 Å². The first-order chi connectivity index (χ1) is 8.33. The van der Waals surface area contributed by atoms with Gasteiger partial charge >= 0.3 is 0 Å². The molecule has 1 aliphatic heterocycles. The van der Waals surface area contributed by atoms with E-state index in [1.54, 1.807) is 11.8 Å². The van der Waals surface area contributed by atoms with Crippen molar-refractivity contribution >= 4 is 28.3 Å². The normalized spacial score (nSPS) is 19.9. The van der Waals surface area contributed by atoms with Gasteiger partial charge in [-0.3, -0.25) is 0 Å². The molecule has 2 heterocycles. The Hall–Kier alpha value is -0.620. The summed E-state index contributed by atoms with van der Waals surface area (Å²) in [5.74, 6) is 2.76. The largest absolute Gasteiger partial charge is 0.424 e. The average Bonchev–Trinajstić information content (AvgIpc) is 2.88. The van der Waals surface area contributed by atoms with E-state index in [-0.39, 0.29) is 0 Å². The number of rotatable bonds is 3. The van der Waals surface area contributed by atoms with Gasteiger partial charge in [0.2, 0.25) is 11.8 Å². The number of nitrogens with zero attached hydrogens (tertiary/aromatic N) is 3. The Balaban J connectivity index is 1.50. The van der Waals surface area contributed by atoms with Crippen molar-refractivity contribution < 1.29 is 4.42 Å². The van der Waals surface area contributed by atoms with Crippen LogP contribution < -0.4 is 0 Å². The summed E-state index contributed by atoms with van der Waals surface area (Å²) >= 11 is 7.02. The fourth-order valence-corrected chi connectivity index (χ4v) is 3.02. The highest BCUT2D eigenvalue weighted by Gasteiger charge is 2.29. The van der Waals surface area contributed by atoms with Gasteiger partial charge in [-0.25, -0.2) is 0 Å². The molecule has 2 aliphatic rings. The van der Waals surface area contributed by atoms with Crippen molar-refractivity contribution in [2.45, 2.75) is 37.4 Å². The van der Waals surface area contributed by atoms with Crippen LogP contribution in [0, 0.1) is 0 Å². The van der Waals surface area contributed by atoms with E-state index in [9.17, 15) is 0 Å². The van der Waals surface area contributed by atoms with E-state index in [0.717, 1.165) is 23.3 Å². The molecule has 0 radical (unpaired) electrons. The molecule has 1 saturated carbocycles. The third-order valence-corrected chi connectivity index (χ3v) is 4.60. The minimum Gasteiger partial charge on any atom is -0.424 e. The summed E-state index contributed by atoms with van der Waals surface area (Å²) in [6.45, 7) is 2.20. The van der Waals surface area contributed by atoms with Crippen molar-refractivity contribution in [1.29, 1.82) is 0 Å². The third-order valence-electron chi connectivity index (χ3n) is 3.09. The van der Waals surface area contributed by atoms with Gasteiger partial charge in [0.25, 0.3) is 0 Å². The summed E-state index contributed by atoms with van der Waals surface area (Å²) in [5.41, 5.74) is 0. The first-order valence-electron chi connectivity index (χ1n) is 6.07. The maximum Gasteiger partial charge on any atom is 0.226 e. The molecular weight excluding hydrogens is 254 g/mol. The number of aromatic nitrogens is 2. The lowest BCUT2D eigenvalue weighted by molar-refractivity contribution is 0.466. The van der Waals surface area contributed by atoms with Gasteiger partial charge in [0.1, 0.15) is 4.32 Å². The fourth-order valence-electron chi connectivity index (χ4n) is 1.93. The van der Waals surface area contributed by atoms with Crippen LogP contribution in [0.5, 0.6) is 0 Å². The number of thioether (sulfide) groups is 1. The number of thiocarbonyl (C=S) groups is 1. The molecule has 1 aromatic heterocycles. The molecule has 0 spiro atoms. The summed E-state index contributed by atoms with van der Waals surface area (Å²) in [6.07, 6.45) is 4.90. The zero-order valence-corrected chi connectivity index (χ0v) is 11.2. The van der Waals surface area contributed by atoms with Crippen molar-refractivity contribution in [1.82, 2.24) is 15.1 Å². The van der Waals surface area contributed by atoms with Crippen molar-refractivity contribution in [3.8, 4) is 0 Å². The van der Waals surface area contributed by atoms with Gasteiger partial charge in [-0.1, -0.05) is 24.0 Å². The Bertz CT molecular complexity index is 411. The van der Waals surface area contributed by atoms with Crippen LogP contribution >= 0.6 is 24.0 Å². The van der Waals surface area contributed by atoms with Gasteiger partial charge in [-0.2, -0.15) is 0 Å². The van der Waals surface area contributed by atoms with Gasteiger partial charge in [-0.15, -0.1) is 10.2 Å². The Morgan fingerprint density at radius 1 is 1.35 bits per heavy atom. The monoisotopic (exact) mass is 269 g/mol. The minimum absolute atomic E-state index is 0.534.